The average molecular weight is 973 g/mol. The van der Waals surface area contributed by atoms with E-state index in [0.717, 1.165) is 95.5 Å². The van der Waals surface area contributed by atoms with Gasteiger partial charge in [-0.2, -0.15) is 0 Å². The van der Waals surface area contributed by atoms with E-state index >= 15 is 0 Å². The first-order valence-electron chi connectivity index (χ1n) is 20.9. The molecule has 0 bridgehead atoms. The van der Waals surface area contributed by atoms with E-state index in [4.69, 9.17) is 29.2 Å². The highest BCUT2D eigenvalue weighted by Gasteiger charge is 2.34. The Kier molecular flexibility index (Phi) is 14.8. The van der Waals surface area contributed by atoms with Crippen LogP contribution in [0, 0.1) is 0 Å². The van der Waals surface area contributed by atoms with Crippen LogP contribution in [0.1, 0.15) is 22.3 Å². The number of thiocarbonyl (C=S) groups is 2. The lowest BCUT2D eigenvalue weighted by molar-refractivity contribution is -0.140. The first kappa shape index (κ1) is 47.0. The van der Waals surface area contributed by atoms with Gasteiger partial charge in [-0.15, -0.1) is 0 Å². The number of carbonyl (C=O) groups excluding carboxylic acids is 2. The van der Waals surface area contributed by atoms with Crippen molar-refractivity contribution in [2.45, 2.75) is 0 Å². The number of aliphatic carboxylic acids is 2. The monoisotopic (exact) mass is 972 g/mol. The van der Waals surface area contributed by atoms with Gasteiger partial charge in [0.25, 0.3) is 11.8 Å². The fourth-order valence-corrected chi connectivity index (χ4v) is 9.80. The van der Waals surface area contributed by atoms with Crippen LogP contribution in [0.2, 0.25) is 0 Å². The lowest BCUT2D eigenvalue weighted by atomic mass is 10.1. The van der Waals surface area contributed by atoms with Crippen molar-refractivity contribution in [1.82, 2.24) is 9.80 Å². The molecule has 8 rings (SSSR count). The zero-order valence-electron chi connectivity index (χ0n) is 36.2. The number of hydrogen-bond acceptors (Lipinski definition) is 11. The van der Waals surface area contributed by atoms with Gasteiger partial charge in [0.15, 0.2) is 0 Å². The molecule has 2 heterocycles. The maximum absolute atomic E-state index is 12.9. The van der Waals surface area contributed by atoms with Crippen LogP contribution in [-0.2, 0) is 19.2 Å². The predicted octanol–water partition coefficient (Wildman–Crippen LogP) is 11.9. The number of carboxylic acid groups (broad SMARTS) is 2. The van der Waals surface area contributed by atoms with Crippen molar-refractivity contribution in [3.05, 3.63) is 196 Å². The van der Waals surface area contributed by atoms with E-state index in [1.54, 1.807) is 19.3 Å². The Morgan fingerprint density at radius 2 is 0.838 bits per heavy atom. The van der Waals surface area contributed by atoms with Crippen LogP contribution in [0.25, 0.3) is 24.3 Å². The second kappa shape index (κ2) is 21.4. The Morgan fingerprint density at radius 3 is 1.18 bits per heavy atom. The van der Waals surface area contributed by atoms with Gasteiger partial charge < -0.3 is 24.7 Å². The van der Waals surface area contributed by atoms with Crippen molar-refractivity contribution in [3.8, 4) is 5.75 Å². The fourth-order valence-electron chi connectivity index (χ4n) is 7.29. The number of benzene rings is 6. The molecule has 2 aliphatic heterocycles. The first-order chi connectivity index (χ1) is 32.9. The number of carbonyl (C=O) groups is 4. The maximum atomic E-state index is 12.9. The van der Waals surface area contributed by atoms with Crippen LogP contribution in [0.5, 0.6) is 5.75 Å². The van der Waals surface area contributed by atoms with E-state index < -0.39 is 36.8 Å². The van der Waals surface area contributed by atoms with Crippen molar-refractivity contribution in [3.63, 3.8) is 0 Å². The van der Waals surface area contributed by atoms with E-state index in [1.807, 2.05) is 133 Å². The molecule has 0 spiro atoms. The highest BCUT2D eigenvalue weighted by molar-refractivity contribution is 8.27. The molecule has 15 heteroatoms. The number of nitrogens with zero attached hydrogens (tertiary/aromatic N) is 4. The van der Waals surface area contributed by atoms with Crippen LogP contribution in [0.15, 0.2) is 174 Å². The van der Waals surface area contributed by atoms with Crippen LogP contribution in [0.3, 0.4) is 0 Å². The van der Waals surface area contributed by atoms with Gasteiger partial charge in [0, 0.05) is 34.1 Å². The minimum atomic E-state index is -1.15. The molecule has 2 amide bonds. The zero-order chi connectivity index (χ0) is 47.7. The number of allylic oxidation sites excluding steroid dienone is 2. The van der Waals surface area contributed by atoms with Gasteiger partial charge in [-0.3, -0.25) is 29.0 Å². The lowest BCUT2D eigenvalue weighted by Crippen LogP contribution is -2.33. The molecule has 2 fully saturated rings. The topological polar surface area (TPSA) is 131 Å². The third-order valence-corrected chi connectivity index (χ3v) is 13.3. The standard InChI is InChI=1S/C53H40N4O7S4/c1-64-45-29-27-44(28-30-45)56(39-9-3-2-4-10-39)40-19-11-35(12-20-40)7-5-6-8-36-13-21-41(22-14-36)57(42-23-15-37(16-24-42)31-46-50(62)54(33-48(58)59)52(65)67-46)43-25-17-38(18-26-43)32-47-51(63)55(34-49(60)61)53(66)68-47/h2-32H,33-34H2,1H3,(H,58,59)(H,60,61). The summed E-state index contributed by atoms with van der Waals surface area (Å²) in [5.41, 5.74) is 9.07. The molecular weight excluding hydrogens is 933 g/mol. The smallest absolute Gasteiger partial charge is 0.323 e. The normalized spacial score (nSPS) is 15.1. The van der Waals surface area contributed by atoms with Crippen LogP contribution in [0.4, 0.5) is 34.1 Å². The van der Waals surface area contributed by atoms with Crippen molar-refractivity contribution in [2.24, 2.45) is 0 Å². The number of rotatable bonds is 16. The zero-order valence-corrected chi connectivity index (χ0v) is 39.4. The number of methoxy groups -OCH3 is 1. The molecule has 68 heavy (non-hydrogen) atoms. The highest BCUT2D eigenvalue weighted by atomic mass is 32.2. The Morgan fingerprint density at radius 1 is 0.515 bits per heavy atom. The molecule has 0 aliphatic carbocycles. The van der Waals surface area contributed by atoms with Crippen molar-refractivity contribution in [2.75, 3.05) is 30.0 Å². The third kappa shape index (κ3) is 11.2. The maximum Gasteiger partial charge on any atom is 0.323 e. The summed E-state index contributed by atoms with van der Waals surface area (Å²) in [6, 6.07) is 49.9. The van der Waals surface area contributed by atoms with E-state index in [9.17, 15) is 29.4 Å². The van der Waals surface area contributed by atoms with E-state index in [1.165, 1.54) is 0 Å². The number of carboxylic acids is 2. The molecule has 6 aromatic carbocycles. The van der Waals surface area contributed by atoms with E-state index in [-0.39, 0.29) is 8.64 Å². The highest BCUT2D eigenvalue weighted by Crippen LogP contribution is 2.39. The SMILES string of the molecule is COc1ccc(N(c2ccccc2)c2ccc(C=CC=Cc3ccc(N(c4ccc(C=C5SC(=S)N(CC(=O)O)C5=O)cc4)c4ccc(C=C5SC(=S)N(CC(=O)O)C5=O)cc4)cc3)cc2)cc1. The van der Waals surface area contributed by atoms with Crippen molar-refractivity contribution in [1.29, 1.82) is 0 Å². The van der Waals surface area contributed by atoms with Gasteiger partial charge in [-0.1, -0.05) is 139 Å². The van der Waals surface area contributed by atoms with Crippen molar-refractivity contribution >= 4 is 139 Å². The predicted molar refractivity (Wildman–Crippen MR) is 282 cm³/mol. The van der Waals surface area contributed by atoms with Gasteiger partial charge in [0.2, 0.25) is 0 Å². The number of para-hydroxylation sites is 1. The summed E-state index contributed by atoms with van der Waals surface area (Å²) in [4.78, 5) is 55.6. The largest absolute Gasteiger partial charge is 0.497 e. The van der Waals surface area contributed by atoms with Crippen molar-refractivity contribution < 1.29 is 34.1 Å². The molecule has 0 aromatic heterocycles. The summed E-state index contributed by atoms with van der Waals surface area (Å²) in [5, 5.41) is 18.5. The number of anilines is 6. The number of amides is 2. The molecule has 2 N–H and O–H groups in total. The third-order valence-electron chi connectivity index (χ3n) is 10.6. The molecule has 11 nitrogen and oxygen atoms in total. The fraction of sp³-hybridized carbons (Fsp3) is 0.0566. The summed E-state index contributed by atoms with van der Waals surface area (Å²) in [5.74, 6) is -2.40. The molecule has 6 aromatic rings. The number of ether oxygens (including phenoxy) is 1. The average Bonchev–Trinajstić information content (AvgIpc) is 3.76. The summed E-state index contributed by atoms with van der Waals surface area (Å²) in [7, 11) is 1.66. The summed E-state index contributed by atoms with van der Waals surface area (Å²) < 4.78 is 5.77. The van der Waals surface area contributed by atoms with Gasteiger partial charge in [-0.25, -0.2) is 0 Å². The molecule has 2 aliphatic rings. The molecule has 0 saturated carbocycles. The molecule has 338 valence electrons. The van der Waals surface area contributed by atoms with E-state index in [2.05, 4.69) is 52.3 Å². The minimum absolute atomic E-state index is 0.193. The Balaban J connectivity index is 1.01. The first-order valence-corrected chi connectivity index (χ1v) is 23.4. The molecule has 2 saturated heterocycles. The van der Waals surface area contributed by atoms with Crippen LogP contribution < -0.4 is 14.5 Å². The second-order valence-electron chi connectivity index (χ2n) is 15.1. The minimum Gasteiger partial charge on any atom is -0.497 e. The molecule has 0 unspecified atom stereocenters. The Bertz CT molecular complexity index is 2900. The Hall–Kier alpha value is -7.56. The van der Waals surface area contributed by atoms with Gasteiger partial charge in [0.1, 0.15) is 27.5 Å². The summed E-state index contributed by atoms with van der Waals surface area (Å²) >= 11 is 12.7. The van der Waals surface area contributed by atoms with Gasteiger partial charge in [0.05, 0.1) is 16.9 Å². The van der Waals surface area contributed by atoms with Crippen LogP contribution >= 0.6 is 48.0 Å². The molecular formula is C53H40N4O7S4. The van der Waals surface area contributed by atoms with E-state index in [0.29, 0.717) is 9.81 Å². The summed E-state index contributed by atoms with van der Waals surface area (Å²) in [6.45, 7) is -1.00. The van der Waals surface area contributed by atoms with Crippen LogP contribution in [-0.4, -0.2) is 72.6 Å². The second-order valence-corrected chi connectivity index (χ2v) is 18.5. The molecule has 0 radical (unpaired) electrons. The molecule has 0 atom stereocenters. The quantitative estimate of drug-likeness (QED) is 0.0542. The number of hydrogen-bond donors (Lipinski definition) is 2. The number of thioether (sulfide) groups is 2. The Labute approximate surface area is 412 Å². The summed E-state index contributed by atoms with van der Waals surface area (Å²) in [6.07, 6.45) is 11.5. The van der Waals surface area contributed by atoms with Gasteiger partial charge >= 0.3 is 11.9 Å². The van der Waals surface area contributed by atoms with Gasteiger partial charge in [-0.05, 0) is 119 Å². The lowest BCUT2D eigenvalue weighted by Gasteiger charge is -2.26.